The molecule has 3 aromatic carbocycles. The van der Waals surface area contributed by atoms with Crippen LogP contribution in [-0.4, -0.2) is 33.0 Å². The van der Waals surface area contributed by atoms with E-state index in [2.05, 4.69) is 47.8 Å². The van der Waals surface area contributed by atoms with Crippen LogP contribution >= 0.6 is 11.8 Å². The van der Waals surface area contributed by atoms with E-state index in [0.717, 1.165) is 16.7 Å². The van der Waals surface area contributed by atoms with Crippen LogP contribution in [0.25, 0.3) is 0 Å². The summed E-state index contributed by atoms with van der Waals surface area (Å²) in [5, 5.41) is 13.4. The number of thioether (sulfide) groups is 1. The van der Waals surface area contributed by atoms with Gasteiger partial charge in [0.15, 0.2) is 0 Å². The fourth-order valence-corrected chi connectivity index (χ4v) is 6.57. The maximum absolute atomic E-state index is 13.4. The van der Waals surface area contributed by atoms with Crippen LogP contribution in [0, 0.1) is 11.3 Å². The average molecular weight is 440 g/mol. The van der Waals surface area contributed by atoms with Gasteiger partial charge in [0, 0.05) is 4.75 Å². The van der Waals surface area contributed by atoms with Gasteiger partial charge in [-0.2, -0.15) is 5.26 Å². The van der Waals surface area contributed by atoms with E-state index in [4.69, 9.17) is 0 Å². The predicted octanol–water partition coefficient (Wildman–Crippen LogP) is 4.52. The van der Waals surface area contributed by atoms with Gasteiger partial charge in [-0.15, -0.1) is 11.8 Å². The number of fused-ring (bicyclic) bond motifs is 1. The molecule has 32 heavy (non-hydrogen) atoms. The number of benzene rings is 3. The number of nitriles is 1. The molecule has 5 rings (SSSR count). The maximum Gasteiger partial charge on any atom is 0.244 e. The quantitative estimate of drug-likeness (QED) is 0.469. The molecular weight excluding hydrogens is 414 g/mol. The van der Waals surface area contributed by atoms with Crippen molar-refractivity contribution in [3.05, 3.63) is 108 Å². The molecule has 2 fully saturated rings. The summed E-state index contributed by atoms with van der Waals surface area (Å²) in [6.45, 7) is 4.10. The van der Waals surface area contributed by atoms with E-state index in [9.17, 15) is 10.1 Å². The minimum atomic E-state index is -0.703. The molecule has 0 radical (unpaired) electrons. The second-order valence-electron chi connectivity index (χ2n) is 8.86. The second-order valence-corrected chi connectivity index (χ2v) is 10.6. The lowest BCUT2D eigenvalue weighted by atomic mass is 9.76. The fraction of sp³-hybridized carbons (Fsp3) is 0.259. The number of carbonyl (C=O) groups excluding carboxylic acids is 1. The number of β-lactam (4-membered cyclic amide) rings is 1. The van der Waals surface area contributed by atoms with Crippen molar-refractivity contribution < 1.29 is 4.79 Å². The number of amides is 1. The van der Waals surface area contributed by atoms with E-state index in [0.29, 0.717) is 0 Å². The SMILES string of the molecule is CC1(C)S[C@H]2C(NC(c3ccccc3)(c3ccccc3)c3ccccc3)C(=O)N2C1C#N. The van der Waals surface area contributed by atoms with Crippen molar-refractivity contribution in [2.75, 3.05) is 0 Å². The number of carbonyl (C=O) groups is 1. The van der Waals surface area contributed by atoms with Crippen LogP contribution in [-0.2, 0) is 10.3 Å². The van der Waals surface area contributed by atoms with Gasteiger partial charge in [-0.25, -0.2) is 0 Å². The van der Waals surface area contributed by atoms with Crippen LogP contribution in [0.1, 0.15) is 30.5 Å². The average Bonchev–Trinajstić information content (AvgIpc) is 3.08. The highest BCUT2D eigenvalue weighted by Crippen LogP contribution is 2.51. The smallest absolute Gasteiger partial charge is 0.244 e. The van der Waals surface area contributed by atoms with Gasteiger partial charge < -0.3 is 4.90 Å². The summed E-state index contributed by atoms with van der Waals surface area (Å²) in [6, 6.07) is 32.4. The highest BCUT2D eigenvalue weighted by molar-refractivity contribution is 8.01. The lowest BCUT2D eigenvalue weighted by molar-refractivity contribution is -0.148. The van der Waals surface area contributed by atoms with E-state index < -0.39 is 17.6 Å². The minimum Gasteiger partial charge on any atom is -0.310 e. The van der Waals surface area contributed by atoms with Gasteiger partial charge >= 0.3 is 0 Å². The van der Waals surface area contributed by atoms with Gasteiger partial charge in [0.05, 0.1) is 11.6 Å². The maximum atomic E-state index is 13.4. The summed E-state index contributed by atoms with van der Waals surface area (Å²) in [7, 11) is 0. The first-order chi connectivity index (χ1) is 15.5. The zero-order valence-electron chi connectivity index (χ0n) is 18.1. The second kappa shape index (κ2) is 7.81. The van der Waals surface area contributed by atoms with E-state index in [1.54, 1.807) is 16.7 Å². The molecule has 2 saturated heterocycles. The largest absolute Gasteiger partial charge is 0.310 e. The molecule has 3 aromatic rings. The molecule has 2 unspecified atom stereocenters. The monoisotopic (exact) mass is 439 g/mol. The molecular formula is C27H25N3OS. The Morgan fingerprint density at radius 3 is 1.72 bits per heavy atom. The third-order valence-electron chi connectivity index (χ3n) is 6.56. The summed E-state index contributed by atoms with van der Waals surface area (Å²) in [5.74, 6) is -0.00760. The zero-order valence-corrected chi connectivity index (χ0v) is 18.9. The summed E-state index contributed by atoms with van der Waals surface area (Å²) in [4.78, 5) is 15.1. The minimum absolute atomic E-state index is 0.00760. The topological polar surface area (TPSA) is 56.1 Å². The van der Waals surface area contributed by atoms with Gasteiger partial charge in [0.25, 0.3) is 0 Å². The molecule has 1 N–H and O–H groups in total. The number of hydrogen-bond donors (Lipinski definition) is 1. The van der Waals surface area contributed by atoms with Crippen LogP contribution in [0.2, 0.25) is 0 Å². The Kier molecular flexibility index (Phi) is 5.08. The van der Waals surface area contributed by atoms with Crippen LogP contribution in [0.4, 0.5) is 0 Å². The van der Waals surface area contributed by atoms with Crippen LogP contribution in [0.15, 0.2) is 91.0 Å². The molecule has 0 aromatic heterocycles. The number of nitrogens with one attached hydrogen (secondary N) is 1. The molecule has 5 heteroatoms. The van der Waals surface area contributed by atoms with Crippen molar-refractivity contribution in [3.63, 3.8) is 0 Å². The van der Waals surface area contributed by atoms with Gasteiger partial charge in [0.2, 0.25) is 5.91 Å². The van der Waals surface area contributed by atoms with Gasteiger partial charge in [-0.1, -0.05) is 91.0 Å². The normalized spacial score (nSPS) is 23.8. The first-order valence-electron chi connectivity index (χ1n) is 10.8. The lowest BCUT2D eigenvalue weighted by Crippen LogP contribution is -2.71. The highest BCUT2D eigenvalue weighted by atomic mass is 32.2. The summed E-state index contributed by atoms with van der Waals surface area (Å²) in [5.41, 5.74) is 2.51. The fourth-order valence-electron chi connectivity index (χ4n) is 4.99. The van der Waals surface area contributed by atoms with E-state index in [-0.39, 0.29) is 16.0 Å². The lowest BCUT2D eigenvalue weighted by Gasteiger charge is -2.49. The van der Waals surface area contributed by atoms with Crippen LogP contribution in [0.5, 0.6) is 0 Å². The number of hydrogen-bond acceptors (Lipinski definition) is 4. The molecule has 2 aliphatic rings. The Morgan fingerprint density at radius 1 is 0.875 bits per heavy atom. The first-order valence-corrected chi connectivity index (χ1v) is 11.7. The van der Waals surface area contributed by atoms with Gasteiger partial charge in [-0.3, -0.25) is 10.1 Å². The van der Waals surface area contributed by atoms with Crippen molar-refractivity contribution in [1.29, 1.82) is 5.26 Å². The summed E-state index contributed by atoms with van der Waals surface area (Å²) in [6.07, 6.45) is 0. The Balaban J connectivity index is 1.65. The van der Waals surface area contributed by atoms with Crippen molar-refractivity contribution >= 4 is 17.7 Å². The number of nitrogens with zero attached hydrogens (tertiary/aromatic N) is 2. The van der Waals surface area contributed by atoms with Gasteiger partial charge in [-0.05, 0) is 30.5 Å². The standard InChI is InChI=1S/C27H25N3OS/c1-26(2)22(18-28)30-24(31)23(25(30)32-26)29-27(19-12-6-3-7-13-19,20-14-8-4-9-15-20)21-16-10-5-11-17-21/h3-17,22-23,25,29H,1-2H3/t22?,23?,25-/m0/s1. The van der Waals surface area contributed by atoms with Crippen molar-refractivity contribution in [3.8, 4) is 6.07 Å². The molecule has 160 valence electrons. The Hall–Kier alpha value is -3.07. The molecule has 0 saturated carbocycles. The Morgan fingerprint density at radius 2 is 1.31 bits per heavy atom. The Labute approximate surface area is 193 Å². The molecule has 4 nitrogen and oxygen atoms in total. The van der Waals surface area contributed by atoms with Crippen molar-refractivity contribution in [2.24, 2.45) is 0 Å². The first kappa shape index (κ1) is 20.8. The van der Waals surface area contributed by atoms with Gasteiger partial charge in [0.1, 0.15) is 17.5 Å². The van der Waals surface area contributed by atoms with E-state index in [1.165, 1.54) is 0 Å². The third kappa shape index (κ3) is 3.06. The van der Waals surface area contributed by atoms with Crippen molar-refractivity contribution in [1.82, 2.24) is 10.2 Å². The molecule has 3 atom stereocenters. The number of rotatable bonds is 5. The van der Waals surface area contributed by atoms with E-state index >= 15 is 0 Å². The van der Waals surface area contributed by atoms with Crippen LogP contribution < -0.4 is 5.32 Å². The summed E-state index contributed by atoms with van der Waals surface area (Å²) >= 11 is 1.71. The molecule has 0 bridgehead atoms. The highest BCUT2D eigenvalue weighted by Gasteiger charge is 2.63. The molecule has 0 spiro atoms. The predicted molar refractivity (Wildman–Crippen MR) is 128 cm³/mol. The van der Waals surface area contributed by atoms with Crippen LogP contribution in [0.3, 0.4) is 0 Å². The summed E-state index contributed by atoms with van der Waals surface area (Å²) < 4.78 is -0.305. The van der Waals surface area contributed by atoms with Crippen molar-refractivity contribution in [2.45, 2.75) is 41.6 Å². The zero-order chi connectivity index (χ0) is 22.3. The molecule has 2 heterocycles. The Bertz CT molecular complexity index is 1060. The van der Waals surface area contributed by atoms with E-state index in [1.807, 2.05) is 68.4 Å². The molecule has 1 amide bonds. The molecule has 2 aliphatic heterocycles. The molecule has 0 aliphatic carbocycles. The third-order valence-corrected chi connectivity index (χ3v) is 8.13.